The van der Waals surface area contributed by atoms with Crippen LogP contribution in [0.25, 0.3) is 5.69 Å². The number of alkyl halides is 3. The number of nitrogen functional groups attached to an aromatic ring is 1. The summed E-state index contributed by atoms with van der Waals surface area (Å²) < 4.78 is 50.6. The van der Waals surface area contributed by atoms with Crippen LogP contribution in [0, 0.1) is 12.3 Å². The molecule has 4 heterocycles. The Morgan fingerprint density at radius 2 is 1.93 bits per heavy atom. The molecule has 230 valence electrons. The lowest BCUT2D eigenvalue weighted by Crippen LogP contribution is -2.41. The van der Waals surface area contributed by atoms with Crippen molar-refractivity contribution in [2.24, 2.45) is 5.41 Å². The minimum absolute atomic E-state index is 0.0896. The number of rotatable bonds is 9. The number of ether oxygens (including phenoxy) is 1. The van der Waals surface area contributed by atoms with E-state index in [1.807, 2.05) is 4.90 Å². The summed E-state index contributed by atoms with van der Waals surface area (Å²) in [5.74, 6) is -2.22. The third-order valence-corrected chi connectivity index (χ3v) is 8.02. The van der Waals surface area contributed by atoms with Gasteiger partial charge in [-0.15, -0.1) is 0 Å². The van der Waals surface area contributed by atoms with Crippen LogP contribution in [0.3, 0.4) is 0 Å². The lowest BCUT2D eigenvalue weighted by Gasteiger charge is -2.39. The number of piperidine rings is 1. The van der Waals surface area contributed by atoms with Crippen LogP contribution in [0.1, 0.15) is 48.6 Å². The number of aromatic nitrogens is 4. The van der Waals surface area contributed by atoms with E-state index < -0.39 is 30.3 Å². The highest BCUT2D eigenvalue weighted by Gasteiger charge is 2.46. The summed E-state index contributed by atoms with van der Waals surface area (Å²) in [7, 11) is 0. The number of hydrogen-bond acceptors (Lipinski definition) is 9. The number of nitrogens with one attached hydrogen (secondary N) is 1. The maximum Gasteiger partial charge on any atom is 0.429 e. The van der Waals surface area contributed by atoms with E-state index >= 15 is 0 Å². The van der Waals surface area contributed by atoms with E-state index in [0.717, 1.165) is 0 Å². The number of aliphatic carboxylic acids is 2. The van der Waals surface area contributed by atoms with Crippen LogP contribution < -0.4 is 20.7 Å². The van der Waals surface area contributed by atoms with Gasteiger partial charge in [0.1, 0.15) is 11.9 Å². The number of carboxylic acids is 2. The number of halogens is 3. The van der Waals surface area contributed by atoms with Crippen molar-refractivity contribution >= 4 is 23.7 Å². The number of nitrogens with zero attached hydrogens (tertiary/aromatic N) is 5. The monoisotopic (exact) mass is 603 g/mol. The Morgan fingerprint density at radius 1 is 1.19 bits per heavy atom. The Kier molecular flexibility index (Phi) is 8.18. The number of benzene rings is 1. The van der Waals surface area contributed by atoms with Crippen LogP contribution in [0.2, 0.25) is 0 Å². The largest absolute Gasteiger partial charge is 0.481 e. The third kappa shape index (κ3) is 6.82. The topological polar surface area (TPSA) is 169 Å². The second kappa shape index (κ2) is 11.7. The van der Waals surface area contributed by atoms with Gasteiger partial charge in [-0.1, -0.05) is 12.1 Å². The van der Waals surface area contributed by atoms with Gasteiger partial charge in [-0.3, -0.25) is 9.59 Å². The summed E-state index contributed by atoms with van der Waals surface area (Å²) in [5.41, 5.74) is 6.69. The fraction of sp³-hybridized carbons (Fsp3) is 0.464. The highest BCUT2D eigenvalue weighted by atomic mass is 19.4. The van der Waals surface area contributed by atoms with Gasteiger partial charge in [-0.05, 0) is 55.7 Å². The van der Waals surface area contributed by atoms with Crippen LogP contribution in [-0.2, 0) is 16.0 Å². The zero-order valence-corrected chi connectivity index (χ0v) is 23.3. The number of carboxylic acid groups (broad SMARTS) is 2. The van der Waals surface area contributed by atoms with Crippen LogP contribution in [0.4, 0.5) is 24.9 Å². The molecular weight excluding hydrogens is 571 g/mol. The number of aryl methyl sites for hydroxylation is 2. The van der Waals surface area contributed by atoms with Crippen molar-refractivity contribution in [3.8, 4) is 11.6 Å². The zero-order chi connectivity index (χ0) is 30.9. The molecule has 2 aromatic heterocycles. The van der Waals surface area contributed by atoms with Gasteiger partial charge in [-0.2, -0.15) is 28.2 Å². The van der Waals surface area contributed by atoms with E-state index in [0.29, 0.717) is 56.0 Å². The molecule has 5 rings (SSSR count). The summed E-state index contributed by atoms with van der Waals surface area (Å²) in [6.45, 7) is 3.29. The quantitative estimate of drug-likeness (QED) is 0.283. The van der Waals surface area contributed by atoms with E-state index in [1.165, 1.54) is 35.1 Å². The molecule has 0 radical (unpaired) electrons. The lowest BCUT2D eigenvalue weighted by atomic mass is 9.76. The summed E-state index contributed by atoms with van der Waals surface area (Å²) in [6, 6.07) is 6.54. The standard InChI is InChI=1S/C28H32F3N7O5/c1-16-6-9-38(36-16)20-12-17(3-5-23(39)40)2-4-18(20)24(28(29,30)31)43-22-13-21(34-26(32)35-22)37-10-7-27(8-11-37)14-19(25(41)42)33-15-27/h2,4,6,9,12-13,19,24,33H,3,5,7-8,10-11,14-15H2,1H3,(H,39,40)(H,41,42)(H2,32,34,35)/t19-,24?/m0/s1. The second-order valence-electron chi connectivity index (χ2n) is 11.1. The summed E-state index contributed by atoms with van der Waals surface area (Å²) >= 11 is 0. The Bertz CT molecular complexity index is 1500. The molecule has 2 atom stereocenters. The summed E-state index contributed by atoms with van der Waals surface area (Å²) in [4.78, 5) is 32.5. The molecule has 15 heteroatoms. The van der Waals surface area contributed by atoms with E-state index in [2.05, 4.69) is 20.4 Å². The van der Waals surface area contributed by atoms with E-state index in [-0.39, 0.29) is 41.3 Å². The molecule has 0 bridgehead atoms. The third-order valence-electron chi connectivity index (χ3n) is 8.02. The highest BCUT2D eigenvalue weighted by Crippen LogP contribution is 2.42. The first-order valence-corrected chi connectivity index (χ1v) is 13.8. The molecule has 1 spiro atoms. The lowest BCUT2D eigenvalue weighted by molar-refractivity contribution is -0.198. The van der Waals surface area contributed by atoms with Crippen molar-refractivity contribution < 1.29 is 37.7 Å². The predicted molar refractivity (Wildman–Crippen MR) is 148 cm³/mol. The van der Waals surface area contributed by atoms with Crippen molar-refractivity contribution in [1.29, 1.82) is 0 Å². The van der Waals surface area contributed by atoms with Crippen LogP contribution in [-0.4, -0.2) is 73.8 Å². The molecule has 2 fully saturated rings. The molecule has 2 aliphatic rings. The maximum absolute atomic E-state index is 14.6. The molecule has 12 nitrogen and oxygen atoms in total. The Morgan fingerprint density at radius 3 is 2.53 bits per heavy atom. The molecule has 0 aliphatic carbocycles. The van der Waals surface area contributed by atoms with Gasteiger partial charge in [0.15, 0.2) is 0 Å². The maximum atomic E-state index is 14.6. The van der Waals surface area contributed by atoms with E-state index in [9.17, 15) is 27.9 Å². The van der Waals surface area contributed by atoms with Crippen LogP contribution >= 0.6 is 0 Å². The predicted octanol–water partition coefficient (Wildman–Crippen LogP) is 3.29. The van der Waals surface area contributed by atoms with Gasteiger partial charge >= 0.3 is 18.1 Å². The van der Waals surface area contributed by atoms with Crippen molar-refractivity contribution in [1.82, 2.24) is 25.1 Å². The normalized spacial score (nSPS) is 19.0. The summed E-state index contributed by atoms with van der Waals surface area (Å²) in [5, 5.41) is 25.7. The first-order chi connectivity index (χ1) is 20.3. The Hall–Kier alpha value is -4.40. The van der Waals surface area contributed by atoms with Crippen LogP contribution in [0.5, 0.6) is 5.88 Å². The zero-order valence-electron chi connectivity index (χ0n) is 23.3. The smallest absolute Gasteiger partial charge is 0.429 e. The average molecular weight is 604 g/mol. The number of hydrogen-bond donors (Lipinski definition) is 4. The first kappa shape index (κ1) is 30.1. The molecule has 1 unspecified atom stereocenters. The minimum atomic E-state index is -4.87. The molecular formula is C28H32F3N7O5. The van der Waals surface area contributed by atoms with Gasteiger partial charge in [0, 0.05) is 43.9 Å². The van der Waals surface area contributed by atoms with Crippen molar-refractivity contribution in [2.45, 2.75) is 57.3 Å². The van der Waals surface area contributed by atoms with Gasteiger partial charge in [0.05, 0.1) is 11.4 Å². The van der Waals surface area contributed by atoms with Crippen molar-refractivity contribution in [2.75, 3.05) is 30.3 Å². The van der Waals surface area contributed by atoms with Crippen molar-refractivity contribution in [3.05, 3.63) is 53.3 Å². The van der Waals surface area contributed by atoms with E-state index in [4.69, 9.17) is 15.6 Å². The molecule has 2 aliphatic heterocycles. The Balaban J connectivity index is 1.41. The molecule has 3 aromatic rings. The first-order valence-electron chi connectivity index (χ1n) is 13.8. The average Bonchev–Trinajstić information content (AvgIpc) is 3.57. The van der Waals surface area contributed by atoms with E-state index in [1.54, 1.807) is 13.0 Å². The van der Waals surface area contributed by atoms with Gasteiger partial charge in [0.25, 0.3) is 0 Å². The highest BCUT2D eigenvalue weighted by molar-refractivity contribution is 5.74. The van der Waals surface area contributed by atoms with Crippen molar-refractivity contribution in [3.63, 3.8) is 0 Å². The number of nitrogens with two attached hydrogens (primary N) is 1. The van der Waals surface area contributed by atoms with Gasteiger partial charge < -0.3 is 30.9 Å². The molecule has 5 N–H and O–H groups in total. The fourth-order valence-electron chi connectivity index (χ4n) is 5.73. The molecule has 43 heavy (non-hydrogen) atoms. The number of anilines is 2. The molecule has 0 amide bonds. The SMILES string of the molecule is Cc1ccn(-c2cc(CCC(=O)O)ccc2C(Oc2cc(N3CCC4(CC3)CN[C@H](C(=O)O)C4)nc(N)n2)C(F)(F)F)n1. The second-order valence-corrected chi connectivity index (χ2v) is 11.1. The Labute approximate surface area is 244 Å². The number of carbonyl (C=O) groups is 2. The molecule has 0 saturated carbocycles. The summed E-state index contributed by atoms with van der Waals surface area (Å²) in [6.07, 6.45) is -4.00. The fourth-order valence-corrected chi connectivity index (χ4v) is 5.73. The van der Waals surface area contributed by atoms with Gasteiger partial charge in [-0.25, -0.2) is 4.68 Å². The molecule has 1 aromatic carbocycles. The minimum Gasteiger partial charge on any atom is -0.481 e. The molecule has 2 saturated heterocycles. The van der Waals surface area contributed by atoms with Crippen LogP contribution in [0.15, 0.2) is 36.5 Å². The van der Waals surface area contributed by atoms with Gasteiger partial charge in [0.2, 0.25) is 17.9 Å².